The molecule has 0 bridgehead atoms. The second kappa shape index (κ2) is 8.74. The van der Waals surface area contributed by atoms with Crippen molar-refractivity contribution in [3.05, 3.63) is 54.1 Å². The van der Waals surface area contributed by atoms with Crippen LogP contribution in [0.1, 0.15) is 53.0 Å². The molecule has 32 heavy (non-hydrogen) atoms. The first kappa shape index (κ1) is 23.5. The summed E-state index contributed by atoms with van der Waals surface area (Å²) in [5.41, 5.74) is 8.13. The fourth-order valence-electron chi connectivity index (χ4n) is 3.65. The number of hydrazine groups is 1. The number of hydrogen-bond acceptors (Lipinski definition) is 5. The summed E-state index contributed by atoms with van der Waals surface area (Å²) in [4.78, 5) is 40.5. The highest BCUT2D eigenvalue weighted by atomic mass is 16.6. The van der Waals surface area contributed by atoms with Gasteiger partial charge in [-0.25, -0.2) is 9.80 Å². The molecule has 1 heterocycles. The minimum absolute atomic E-state index is 0.251. The van der Waals surface area contributed by atoms with E-state index >= 15 is 0 Å². The van der Waals surface area contributed by atoms with E-state index in [0.29, 0.717) is 5.69 Å². The lowest BCUT2D eigenvalue weighted by Crippen LogP contribution is -2.60. The number of nitrogens with two attached hydrogens (primary N) is 1. The van der Waals surface area contributed by atoms with Crippen LogP contribution in [0.4, 0.5) is 10.5 Å². The van der Waals surface area contributed by atoms with E-state index in [1.807, 2.05) is 36.4 Å². The van der Waals surface area contributed by atoms with Gasteiger partial charge in [0.15, 0.2) is 0 Å². The summed E-state index contributed by atoms with van der Waals surface area (Å²) >= 11 is 0. The fraction of sp³-hybridized carbons (Fsp3) is 0.400. The van der Waals surface area contributed by atoms with Gasteiger partial charge in [-0.1, -0.05) is 56.3 Å². The van der Waals surface area contributed by atoms with Crippen LogP contribution < -0.4 is 10.7 Å². The quantitative estimate of drug-likeness (QED) is 0.765. The lowest BCUT2D eigenvalue weighted by molar-refractivity contribution is -0.138. The van der Waals surface area contributed by atoms with Crippen LogP contribution in [0, 0.1) is 5.92 Å². The van der Waals surface area contributed by atoms with Crippen molar-refractivity contribution in [1.82, 2.24) is 5.01 Å². The fourth-order valence-corrected chi connectivity index (χ4v) is 3.65. The third kappa shape index (κ3) is 4.39. The Hall–Kier alpha value is -3.19. The second-order valence-electron chi connectivity index (χ2n) is 9.38. The monoisotopic (exact) mass is 437 g/mol. The Morgan fingerprint density at radius 3 is 2.19 bits per heavy atom. The minimum Gasteiger partial charge on any atom is -0.442 e. The molecule has 2 N–H and O–H groups in total. The first-order chi connectivity index (χ1) is 14.9. The Labute approximate surface area is 189 Å². The summed E-state index contributed by atoms with van der Waals surface area (Å²) in [5.74, 6) is -1.97. The summed E-state index contributed by atoms with van der Waals surface area (Å²) < 4.78 is 5.54. The maximum Gasteiger partial charge on any atom is 0.437 e. The van der Waals surface area contributed by atoms with Gasteiger partial charge in [-0.05, 0) is 50.8 Å². The average Bonchev–Trinajstić information content (AvgIpc) is 2.82. The van der Waals surface area contributed by atoms with Crippen molar-refractivity contribution in [3.63, 3.8) is 0 Å². The molecule has 2 aromatic rings. The van der Waals surface area contributed by atoms with Gasteiger partial charge in [0.2, 0.25) is 0 Å². The van der Waals surface area contributed by atoms with Gasteiger partial charge in [0.25, 0.3) is 11.8 Å². The first-order valence-electron chi connectivity index (χ1n) is 10.8. The van der Waals surface area contributed by atoms with Crippen LogP contribution in [0.5, 0.6) is 0 Å². The number of nitrogens with zero attached hydrogens (tertiary/aromatic N) is 2. The van der Waals surface area contributed by atoms with Gasteiger partial charge in [-0.2, -0.15) is 0 Å². The zero-order valence-electron chi connectivity index (χ0n) is 19.5. The average molecular weight is 438 g/mol. The van der Waals surface area contributed by atoms with Crippen molar-refractivity contribution in [2.75, 3.05) is 5.01 Å². The maximum atomic E-state index is 13.8. The molecule has 1 aliphatic rings. The van der Waals surface area contributed by atoms with Gasteiger partial charge in [0, 0.05) is 5.56 Å². The van der Waals surface area contributed by atoms with E-state index in [1.54, 1.807) is 53.7 Å². The summed E-state index contributed by atoms with van der Waals surface area (Å²) in [6.07, 6.45) is -0.945. The van der Waals surface area contributed by atoms with Crippen molar-refractivity contribution < 1.29 is 19.1 Å². The predicted octanol–water partition coefficient (Wildman–Crippen LogP) is 4.47. The number of anilines is 1. The van der Waals surface area contributed by atoms with Crippen LogP contribution >= 0.6 is 0 Å². The molecule has 3 amide bonds. The highest BCUT2D eigenvalue weighted by Gasteiger charge is 2.43. The SMILES string of the molecule is CC1C(=O)N(N(C(=O)OC(C)(C)C)C(=O)[C@@H](N)C(C)C)c2ccccc2-c2ccccc21. The molecule has 7 nitrogen and oxygen atoms in total. The third-order valence-electron chi connectivity index (χ3n) is 5.41. The molecule has 3 rings (SSSR count). The summed E-state index contributed by atoms with van der Waals surface area (Å²) in [6.45, 7) is 10.4. The zero-order valence-corrected chi connectivity index (χ0v) is 19.5. The van der Waals surface area contributed by atoms with E-state index in [0.717, 1.165) is 26.7 Å². The number of carbonyl (C=O) groups is 3. The second-order valence-corrected chi connectivity index (χ2v) is 9.38. The Balaban J connectivity index is 2.24. The lowest BCUT2D eigenvalue weighted by atomic mass is 9.92. The smallest absolute Gasteiger partial charge is 0.437 e. The predicted molar refractivity (Wildman–Crippen MR) is 124 cm³/mol. The van der Waals surface area contributed by atoms with E-state index in [9.17, 15) is 14.4 Å². The number of para-hydroxylation sites is 1. The van der Waals surface area contributed by atoms with Gasteiger partial charge < -0.3 is 10.5 Å². The van der Waals surface area contributed by atoms with Crippen LogP contribution in [0.25, 0.3) is 11.1 Å². The topological polar surface area (TPSA) is 92.9 Å². The summed E-state index contributed by atoms with van der Waals surface area (Å²) in [7, 11) is 0. The molecule has 0 fully saturated rings. The molecule has 7 heteroatoms. The summed E-state index contributed by atoms with van der Waals surface area (Å²) in [5, 5.41) is 1.91. The third-order valence-corrected chi connectivity index (χ3v) is 5.41. The number of ether oxygens (including phenoxy) is 1. The summed E-state index contributed by atoms with van der Waals surface area (Å²) in [6, 6.07) is 13.8. The van der Waals surface area contributed by atoms with Crippen LogP contribution in [0.3, 0.4) is 0 Å². The number of hydrogen-bond donors (Lipinski definition) is 1. The van der Waals surface area contributed by atoms with Crippen molar-refractivity contribution in [1.29, 1.82) is 0 Å². The van der Waals surface area contributed by atoms with Gasteiger partial charge in [0.05, 0.1) is 17.6 Å². The Bertz CT molecular complexity index is 1040. The molecule has 1 unspecified atom stereocenters. The Kier molecular flexibility index (Phi) is 6.41. The molecule has 0 saturated heterocycles. The molecule has 0 saturated carbocycles. The molecule has 1 aliphatic heterocycles. The van der Waals surface area contributed by atoms with Crippen molar-refractivity contribution >= 4 is 23.6 Å². The molecule has 0 aliphatic carbocycles. The number of carbonyl (C=O) groups excluding carboxylic acids is 3. The van der Waals surface area contributed by atoms with Gasteiger partial charge in [0.1, 0.15) is 5.60 Å². The maximum absolute atomic E-state index is 13.8. The minimum atomic E-state index is -0.997. The molecule has 0 aromatic heterocycles. The number of benzene rings is 2. The van der Waals surface area contributed by atoms with E-state index in [1.165, 1.54) is 0 Å². The molecular weight excluding hydrogens is 406 g/mol. The lowest BCUT2D eigenvalue weighted by Gasteiger charge is -2.36. The van der Waals surface area contributed by atoms with E-state index in [4.69, 9.17) is 10.5 Å². The molecule has 170 valence electrons. The van der Waals surface area contributed by atoms with Crippen LogP contribution in [-0.4, -0.2) is 34.6 Å². The van der Waals surface area contributed by atoms with Crippen LogP contribution in [-0.2, 0) is 14.3 Å². The normalized spacial score (nSPS) is 16.7. The van der Waals surface area contributed by atoms with E-state index in [-0.39, 0.29) is 5.92 Å². The number of imide groups is 1. The highest BCUT2D eigenvalue weighted by Crippen LogP contribution is 2.41. The molecule has 0 spiro atoms. The molecule has 2 aromatic carbocycles. The van der Waals surface area contributed by atoms with Crippen LogP contribution in [0.15, 0.2) is 48.5 Å². The number of rotatable bonds is 3. The first-order valence-corrected chi connectivity index (χ1v) is 10.8. The standard InChI is InChI=1S/C25H31N3O4/c1-15(2)21(26)23(30)28(24(31)32-25(4,5)6)27-20-14-10-9-13-19(20)18-12-8-7-11-17(18)16(3)22(27)29/h7-16,21H,26H2,1-6H3/t16?,21-/m0/s1. The Morgan fingerprint density at radius 1 is 1.03 bits per heavy atom. The van der Waals surface area contributed by atoms with Crippen LogP contribution in [0.2, 0.25) is 0 Å². The van der Waals surface area contributed by atoms with E-state index in [2.05, 4.69) is 0 Å². The molecular formula is C25H31N3O4. The zero-order chi connectivity index (χ0) is 23.8. The van der Waals surface area contributed by atoms with Gasteiger partial charge in [-0.3, -0.25) is 9.59 Å². The van der Waals surface area contributed by atoms with Gasteiger partial charge in [-0.15, -0.1) is 5.01 Å². The highest BCUT2D eigenvalue weighted by molar-refractivity contribution is 6.10. The van der Waals surface area contributed by atoms with Crippen molar-refractivity contribution in [2.24, 2.45) is 11.7 Å². The van der Waals surface area contributed by atoms with Crippen molar-refractivity contribution in [2.45, 2.75) is 59.1 Å². The molecule has 0 radical (unpaired) electrons. The largest absolute Gasteiger partial charge is 0.442 e. The van der Waals surface area contributed by atoms with Gasteiger partial charge >= 0.3 is 6.09 Å². The number of amides is 3. The van der Waals surface area contributed by atoms with E-state index < -0.39 is 35.5 Å². The molecule has 2 atom stereocenters. The Morgan fingerprint density at radius 2 is 1.59 bits per heavy atom. The number of fused-ring (bicyclic) bond motifs is 3. The van der Waals surface area contributed by atoms with Crippen molar-refractivity contribution in [3.8, 4) is 11.1 Å².